The standard InChI is InChI=1S/C16H18N2O3.ClH/c1-20-15-5-3-2-4-13(15)14-10-17-7-8-18(14)16(19)12-6-9-21-11-12;/h2-6,9,11,14,17H,7-8,10H2,1H3;1H. The largest absolute Gasteiger partial charge is 0.496 e. The molecule has 1 aliphatic rings. The number of benzene rings is 1. The SMILES string of the molecule is COc1ccccc1C1CNCCN1C(=O)c1ccoc1.Cl. The highest BCUT2D eigenvalue weighted by Crippen LogP contribution is 2.31. The van der Waals surface area contributed by atoms with Gasteiger partial charge in [-0.05, 0) is 12.1 Å². The molecule has 118 valence electrons. The van der Waals surface area contributed by atoms with Crippen molar-refractivity contribution in [1.29, 1.82) is 0 Å². The molecule has 0 spiro atoms. The van der Waals surface area contributed by atoms with Crippen molar-refractivity contribution >= 4 is 18.3 Å². The number of nitrogens with zero attached hydrogens (tertiary/aromatic N) is 1. The first-order chi connectivity index (χ1) is 10.3. The summed E-state index contributed by atoms with van der Waals surface area (Å²) < 4.78 is 10.5. The Morgan fingerprint density at radius 1 is 1.36 bits per heavy atom. The summed E-state index contributed by atoms with van der Waals surface area (Å²) in [4.78, 5) is 14.5. The minimum absolute atomic E-state index is 0. The zero-order valence-corrected chi connectivity index (χ0v) is 13.1. The number of amides is 1. The summed E-state index contributed by atoms with van der Waals surface area (Å²) in [5, 5.41) is 3.34. The average molecular weight is 323 g/mol. The van der Waals surface area contributed by atoms with Crippen molar-refractivity contribution in [3.05, 3.63) is 54.0 Å². The van der Waals surface area contributed by atoms with Crippen LogP contribution in [0, 0.1) is 0 Å². The second kappa shape index (κ2) is 7.33. The number of piperazine rings is 1. The van der Waals surface area contributed by atoms with Crippen LogP contribution in [0.5, 0.6) is 5.75 Å². The Balaban J connectivity index is 0.00000176. The molecule has 2 aromatic rings. The second-order valence-electron chi connectivity index (χ2n) is 4.97. The lowest BCUT2D eigenvalue weighted by Crippen LogP contribution is -2.48. The number of ether oxygens (including phenoxy) is 1. The highest BCUT2D eigenvalue weighted by molar-refractivity contribution is 5.94. The molecule has 0 saturated carbocycles. The van der Waals surface area contributed by atoms with Crippen molar-refractivity contribution < 1.29 is 13.9 Å². The number of carbonyl (C=O) groups is 1. The molecule has 5 nitrogen and oxygen atoms in total. The van der Waals surface area contributed by atoms with E-state index in [0.29, 0.717) is 18.7 Å². The van der Waals surface area contributed by atoms with Crippen LogP contribution in [0.2, 0.25) is 0 Å². The van der Waals surface area contributed by atoms with Gasteiger partial charge in [-0.25, -0.2) is 0 Å². The van der Waals surface area contributed by atoms with Crippen molar-refractivity contribution in [2.24, 2.45) is 0 Å². The Labute approximate surface area is 135 Å². The second-order valence-corrected chi connectivity index (χ2v) is 4.97. The molecule has 1 N–H and O–H groups in total. The van der Waals surface area contributed by atoms with Crippen molar-refractivity contribution in [3.63, 3.8) is 0 Å². The molecule has 1 saturated heterocycles. The summed E-state index contributed by atoms with van der Waals surface area (Å²) in [6, 6.07) is 9.48. The summed E-state index contributed by atoms with van der Waals surface area (Å²) >= 11 is 0. The molecule has 1 fully saturated rings. The highest BCUT2D eigenvalue weighted by atomic mass is 35.5. The van der Waals surface area contributed by atoms with Gasteiger partial charge in [0.2, 0.25) is 0 Å². The Morgan fingerprint density at radius 3 is 2.91 bits per heavy atom. The van der Waals surface area contributed by atoms with Gasteiger partial charge < -0.3 is 19.4 Å². The van der Waals surface area contributed by atoms with Crippen LogP contribution in [0.1, 0.15) is 22.0 Å². The number of methoxy groups -OCH3 is 1. The molecular weight excluding hydrogens is 304 g/mol. The summed E-state index contributed by atoms with van der Waals surface area (Å²) in [6.07, 6.45) is 3.01. The van der Waals surface area contributed by atoms with E-state index in [4.69, 9.17) is 9.15 Å². The Morgan fingerprint density at radius 2 is 2.18 bits per heavy atom. The predicted octanol–water partition coefficient (Wildman–Crippen LogP) is 2.50. The minimum atomic E-state index is -0.0442. The van der Waals surface area contributed by atoms with Gasteiger partial charge in [-0.1, -0.05) is 18.2 Å². The van der Waals surface area contributed by atoms with Gasteiger partial charge in [0.25, 0.3) is 5.91 Å². The minimum Gasteiger partial charge on any atom is -0.496 e. The van der Waals surface area contributed by atoms with Gasteiger partial charge in [0.15, 0.2) is 0 Å². The monoisotopic (exact) mass is 322 g/mol. The van der Waals surface area contributed by atoms with Crippen LogP contribution < -0.4 is 10.1 Å². The van der Waals surface area contributed by atoms with Crippen LogP contribution in [-0.4, -0.2) is 37.6 Å². The van der Waals surface area contributed by atoms with Crippen LogP contribution in [0.4, 0.5) is 0 Å². The number of nitrogens with one attached hydrogen (secondary N) is 1. The first-order valence-electron chi connectivity index (χ1n) is 6.98. The van der Waals surface area contributed by atoms with Crippen molar-refractivity contribution in [1.82, 2.24) is 10.2 Å². The van der Waals surface area contributed by atoms with Crippen molar-refractivity contribution in [2.45, 2.75) is 6.04 Å². The molecule has 1 unspecified atom stereocenters. The van der Waals surface area contributed by atoms with Gasteiger partial charge >= 0.3 is 0 Å². The quantitative estimate of drug-likeness (QED) is 0.943. The van der Waals surface area contributed by atoms with Gasteiger partial charge in [0, 0.05) is 25.2 Å². The average Bonchev–Trinajstić information content (AvgIpc) is 3.08. The summed E-state index contributed by atoms with van der Waals surface area (Å²) in [5.41, 5.74) is 1.60. The third-order valence-corrected chi connectivity index (χ3v) is 3.77. The number of hydrogen-bond acceptors (Lipinski definition) is 4. The number of carbonyl (C=O) groups excluding carboxylic acids is 1. The highest BCUT2D eigenvalue weighted by Gasteiger charge is 2.30. The van der Waals surface area contributed by atoms with Gasteiger partial charge in [-0.3, -0.25) is 4.79 Å². The number of hydrogen-bond donors (Lipinski definition) is 1. The molecule has 1 aliphatic heterocycles. The maximum Gasteiger partial charge on any atom is 0.257 e. The fourth-order valence-electron chi connectivity index (χ4n) is 2.72. The fourth-order valence-corrected chi connectivity index (χ4v) is 2.72. The number of furan rings is 1. The smallest absolute Gasteiger partial charge is 0.257 e. The van der Waals surface area contributed by atoms with E-state index < -0.39 is 0 Å². The molecule has 0 radical (unpaired) electrons. The van der Waals surface area contributed by atoms with Gasteiger partial charge in [0.05, 0.1) is 25.0 Å². The zero-order valence-electron chi connectivity index (χ0n) is 12.3. The lowest BCUT2D eigenvalue weighted by molar-refractivity contribution is 0.0631. The van der Waals surface area contributed by atoms with Crippen LogP contribution in [0.15, 0.2) is 47.3 Å². The van der Waals surface area contributed by atoms with Crippen LogP contribution >= 0.6 is 12.4 Å². The summed E-state index contributed by atoms with van der Waals surface area (Å²) in [6.45, 7) is 2.16. The van der Waals surface area contributed by atoms with E-state index in [2.05, 4.69) is 5.32 Å². The lowest BCUT2D eigenvalue weighted by Gasteiger charge is -2.36. The number of halogens is 1. The Kier molecular flexibility index (Phi) is 5.46. The number of rotatable bonds is 3. The van der Waals surface area contributed by atoms with Crippen LogP contribution in [0.25, 0.3) is 0 Å². The third kappa shape index (κ3) is 3.10. The molecule has 1 aromatic carbocycles. The van der Waals surface area contributed by atoms with Crippen molar-refractivity contribution in [2.75, 3.05) is 26.7 Å². The molecule has 1 aromatic heterocycles. The molecule has 1 amide bonds. The Hall–Kier alpha value is -1.98. The van der Waals surface area contributed by atoms with Crippen LogP contribution in [-0.2, 0) is 0 Å². The Bertz CT molecular complexity index is 616. The van der Waals surface area contributed by atoms with E-state index in [9.17, 15) is 4.79 Å². The van der Waals surface area contributed by atoms with Gasteiger partial charge in [0.1, 0.15) is 12.0 Å². The van der Waals surface area contributed by atoms with Gasteiger partial charge in [-0.2, -0.15) is 0 Å². The summed E-state index contributed by atoms with van der Waals surface area (Å²) in [5.74, 6) is 0.789. The maximum atomic E-state index is 12.6. The van der Waals surface area contributed by atoms with Crippen molar-refractivity contribution in [3.8, 4) is 5.75 Å². The molecule has 6 heteroatoms. The molecule has 1 atom stereocenters. The molecule has 0 aliphatic carbocycles. The first kappa shape index (κ1) is 16.4. The summed E-state index contributed by atoms with van der Waals surface area (Å²) in [7, 11) is 1.65. The fraction of sp³-hybridized carbons (Fsp3) is 0.312. The molecule has 3 rings (SSSR count). The molecule has 2 heterocycles. The molecule has 0 bridgehead atoms. The van der Waals surface area contributed by atoms with E-state index in [1.165, 1.54) is 12.5 Å². The first-order valence-corrected chi connectivity index (χ1v) is 6.98. The predicted molar refractivity (Wildman–Crippen MR) is 85.6 cm³/mol. The third-order valence-electron chi connectivity index (χ3n) is 3.77. The van der Waals surface area contributed by atoms with E-state index in [1.807, 2.05) is 29.2 Å². The van der Waals surface area contributed by atoms with E-state index >= 15 is 0 Å². The van der Waals surface area contributed by atoms with E-state index in [-0.39, 0.29) is 24.4 Å². The van der Waals surface area contributed by atoms with Crippen LogP contribution in [0.3, 0.4) is 0 Å². The molecule has 22 heavy (non-hydrogen) atoms. The van der Waals surface area contributed by atoms with E-state index in [1.54, 1.807) is 13.2 Å². The normalized spacial score (nSPS) is 17.7. The number of para-hydroxylation sites is 1. The lowest BCUT2D eigenvalue weighted by atomic mass is 10.0. The van der Waals surface area contributed by atoms with E-state index in [0.717, 1.165) is 17.9 Å². The zero-order chi connectivity index (χ0) is 14.7. The maximum absolute atomic E-state index is 12.6. The topological polar surface area (TPSA) is 54.7 Å². The van der Waals surface area contributed by atoms with Gasteiger partial charge in [-0.15, -0.1) is 12.4 Å². The molecular formula is C16H19ClN2O3.